The van der Waals surface area contributed by atoms with E-state index in [1.807, 2.05) is 57.2 Å². The first-order valence-corrected chi connectivity index (χ1v) is 12.9. The zero-order chi connectivity index (χ0) is 26.4. The summed E-state index contributed by atoms with van der Waals surface area (Å²) in [7, 11) is 0. The molecule has 1 heterocycles. The van der Waals surface area contributed by atoms with Gasteiger partial charge in [-0.2, -0.15) is 0 Å². The number of ether oxygens (including phenoxy) is 2. The molecule has 3 aromatic carbocycles. The van der Waals surface area contributed by atoms with E-state index in [0.29, 0.717) is 35.9 Å². The second-order valence-electron chi connectivity index (χ2n) is 8.30. The molecule has 3 aromatic rings. The Kier molecular flexibility index (Phi) is 8.30. The number of carbonyl (C=O) groups is 3. The summed E-state index contributed by atoms with van der Waals surface area (Å²) in [6, 6.07) is 21.2. The molecule has 0 aliphatic carbocycles. The van der Waals surface area contributed by atoms with E-state index in [4.69, 9.17) is 9.47 Å². The van der Waals surface area contributed by atoms with Crippen LogP contribution in [0.2, 0.25) is 0 Å². The molecule has 0 radical (unpaired) electrons. The third-order valence-corrected chi connectivity index (χ3v) is 6.62. The summed E-state index contributed by atoms with van der Waals surface area (Å²) in [5.74, 6) is -0.817. The first kappa shape index (κ1) is 26.0. The number of nitrogens with one attached hydrogen (secondary N) is 1. The Balaban J connectivity index is 1.68. The van der Waals surface area contributed by atoms with Crippen LogP contribution in [0.25, 0.3) is 0 Å². The summed E-state index contributed by atoms with van der Waals surface area (Å²) < 4.78 is 10.9. The van der Waals surface area contributed by atoms with Gasteiger partial charge < -0.3 is 14.8 Å². The number of carbonyl (C=O) groups excluding carboxylic acids is 3. The first-order chi connectivity index (χ1) is 17.9. The molecule has 0 atom stereocenters. The molecule has 1 aliphatic rings. The van der Waals surface area contributed by atoms with Crippen LogP contribution in [0.3, 0.4) is 0 Å². The van der Waals surface area contributed by atoms with E-state index in [1.165, 1.54) is 11.8 Å². The summed E-state index contributed by atoms with van der Waals surface area (Å²) in [5.41, 5.74) is 2.55. The Morgan fingerprint density at radius 1 is 0.919 bits per heavy atom. The van der Waals surface area contributed by atoms with Crippen LogP contribution in [0.1, 0.15) is 36.2 Å². The van der Waals surface area contributed by atoms with Crippen LogP contribution in [-0.4, -0.2) is 31.0 Å². The molecule has 8 heteroatoms. The van der Waals surface area contributed by atoms with Gasteiger partial charge in [0.2, 0.25) is 0 Å². The van der Waals surface area contributed by atoms with Crippen molar-refractivity contribution in [3.63, 3.8) is 0 Å². The molecule has 190 valence electrons. The van der Waals surface area contributed by atoms with Crippen LogP contribution in [-0.2, 0) is 14.3 Å². The van der Waals surface area contributed by atoms with Crippen LogP contribution < -0.4 is 15.0 Å². The number of aryl methyl sites for hydroxylation is 1. The van der Waals surface area contributed by atoms with Gasteiger partial charge in [-0.15, -0.1) is 0 Å². The molecular weight excluding hydrogens is 488 g/mol. The number of rotatable bonds is 10. The Labute approximate surface area is 220 Å². The molecule has 1 aliphatic heterocycles. The Morgan fingerprint density at radius 3 is 2.30 bits per heavy atom. The quantitative estimate of drug-likeness (QED) is 0.263. The van der Waals surface area contributed by atoms with Crippen molar-refractivity contribution in [3.05, 3.63) is 94.5 Å². The number of benzene rings is 3. The lowest BCUT2D eigenvalue weighted by Gasteiger charge is -2.16. The Bertz CT molecular complexity index is 1330. The second kappa shape index (κ2) is 11.8. The summed E-state index contributed by atoms with van der Waals surface area (Å²) >= 11 is 1.22. The van der Waals surface area contributed by atoms with Gasteiger partial charge in [-0.1, -0.05) is 48.5 Å². The minimum atomic E-state index is -0.493. The van der Waals surface area contributed by atoms with Crippen LogP contribution in [0, 0.1) is 6.92 Å². The average Bonchev–Trinajstić information content (AvgIpc) is 3.13. The van der Waals surface area contributed by atoms with E-state index in [-0.39, 0.29) is 10.6 Å². The molecule has 0 aromatic heterocycles. The standard InChI is InChI=1S/C29H28N2O5S/c1-4-18-36-29(34)20-12-14-21(15-13-20)31-27(32)25(30-23-8-6-7-9-24(23)35-5-2)26(28(31)33)37-22-16-10-19(3)11-17-22/h6-17,30H,4-5,18H2,1-3H3. The predicted molar refractivity (Wildman–Crippen MR) is 145 cm³/mol. The molecule has 0 unspecified atom stereocenters. The fourth-order valence-electron chi connectivity index (χ4n) is 3.68. The van der Waals surface area contributed by atoms with Gasteiger partial charge in [0, 0.05) is 4.90 Å². The van der Waals surface area contributed by atoms with Gasteiger partial charge in [-0.3, -0.25) is 9.59 Å². The van der Waals surface area contributed by atoms with Crippen LogP contribution in [0.4, 0.5) is 11.4 Å². The van der Waals surface area contributed by atoms with E-state index in [9.17, 15) is 14.4 Å². The Hall–Kier alpha value is -4.04. The number of hydrogen-bond donors (Lipinski definition) is 1. The second-order valence-corrected chi connectivity index (χ2v) is 9.39. The van der Waals surface area contributed by atoms with Gasteiger partial charge in [-0.25, -0.2) is 9.69 Å². The topological polar surface area (TPSA) is 84.9 Å². The number of esters is 1. The summed E-state index contributed by atoms with van der Waals surface area (Å²) in [6.45, 7) is 6.56. The number of anilines is 2. The van der Waals surface area contributed by atoms with E-state index in [2.05, 4.69) is 5.32 Å². The van der Waals surface area contributed by atoms with Gasteiger partial charge in [-0.05, 0) is 68.8 Å². The minimum Gasteiger partial charge on any atom is -0.492 e. The van der Waals surface area contributed by atoms with E-state index in [0.717, 1.165) is 21.8 Å². The fraction of sp³-hybridized carbons (Fsp3) is 0.207. The van der Waals surface area contributed by atoms with Crippen molar-refractivity contribution in [2.24, 2.45) is 0 Å². The van der Waals surface area contributed by atoms with Crippen LogP contribution in [0.15, 0.2) is 88.3 Å². The van der Waals surface area contributed by atoms with Gasteiger partial charge in [0.25, 0.3) is 11.8 Å². The van der Waals surface area contributed by atoms with Gasteiger partial charge in [0.05, 0.1) is 30.2 Å². The van der Waals surface area contributed by atoms with Crippen molar-refractivity contribution in [1.29, 1.82) is 0 Å². The van der Waals surface area contributed by atoms with E-state index < -0.39 is 17.8 Å². The monoisotopic (exact) mass is 516 g/mol. The molecular formula is C29H28N2O5S. The van der Waals surface area contributed by atoms with Crippen LogP contribution >= 0.6 is 11.8 Å². The van der Waals surface area contributed by atoms with Gasteiger partial charge in [0.1, 0.15) is 16.4 Å². The predicted octanol–water partition coefficient (Wildman–Crippen LogP) is 5.95. The van der Waals surface area contributed by atoms with Crippen molar-refractivity contribution in [3.8, 4) is 5.75 Å². The summed E-state index contributed by atoms with van der Waals surface area (Å²) in [6.07, 6.45) is 0.718. The molecule has 0 saturated carbocycles. The Morgan fingerprint density at radius 2 is 1.62 bits per heavy atom. The molecule has 0 spiro atoms. The highest BCUT2D eigenvalue weighted by Gasteiger charge is 2.40. The average molecular weight is 517 g/mol. The highest BCUT2D eigenvalue weighted by atomic mass is 32.2. The summed E-state index contributed by atoms with van der Waals surface area (Å²) in [5, 5.41) is 3.16. The highest BCUT2D eigenvalue weighted by molar-refractivity contribution is 8.04. The molecule has 37 heavy (non-hydrogen) atoms. The van der Waals surface area contributed by atoms with Crippen molar-refractivity contribution in [2.45, 2.75) is 32.1 Å². The molecule has 4 rings (SSSR count). The maximum absolute atomic E-state index is 13.6. The van der Waals surface area contributed by atoms with Crippen molar-refractivity contribution in [2.75, 3.05) is 23.4 Å². The number of nitrogens with zero attached hydrogens (tertiary/aromatic N) is 1. The SMILES string of the molecule is CCCOC(=O)c1ccc(N2C(=O)C(Nc3ccccc3OCC)=C(Sc3ccc(C)cc3)C2=O)cc1. The number of thioether (sulfide) groups is 1. The molecule has 0 bridgehead atoms. The van der Waals surface area contributed by atoms with Gasteiger partial charge in [0.15, 0.2) is 0 Å². The third kappa shape index (κ3) is 5.86. The highest BCUT2D eigenvalue weighted by Crippen LogP contribution is 2.39. The van der Waals surface area contributed by atoms with Gasteiger partial charge >= 0.3 is 5.97 Å². The summed E-state index contributed by atoms with van der Waals surface area (Å²) in [4.78, 5) is 41.7. The first-order valence-electron chi connectivity index (χ1n) is 12.1. The van der Waals surface area contributed by atoms with Crippen molar-refractivity contribution < 1.29 is 23.9 Å². The lowest BCUT2D eigenvalue weighted by atomic mass is 10.2. The smallest absolute Gasteiger partial charge is 0.338 e. The van der Waals surface area contributed by atoms with Crippen molar-refractivity contribution in [1.82, 2.24) is 0 Å². The largest absolute Gasteiger partial charge is 0.492 e. The third-order valence-electron chi connectivity index (χ3n) is 5.53. The lowest BCUT2D eigenvalue weighted by Crippen LogP contribution is -2.32. The number of para-hydroxylation sites is 2. The minimum absolute atomic E-state index is 0.161. The molecule has 7 nitrogen and oxygen atoms in total. The number of amides is 2. The molecule has 0 saturated heterocycles. The normalized spacial score (nSPS) is 13.2. The number of hydrogen-bond acceptors (Lipinski definition) is 7. The van der Waals surface area contributed by atoms with E-state index in [1.54, 1.807) is 36.4 Å². The molecule has 1 N–H and O–H groups in total. The maximum atomic E-state index is 13.6. The lowest BCUT2D eigenvalue weighted by molar-refractivity contribution is -0.120. The zero-order valence-electron chi connectivity index (χ0n) is 20.9. The molecule has 0 fully saturated rings. The zero-order valence-corrected chi connectivity index (χ0v) is 21.8. The maximum Gasteiger partial charge on any atom is 0.338 e. The fourth-order valence-corrected chi connectivity index (χ4v) is 4.61. The molecule has 2 amide bonds. The van der Waals surface area contributed by atoms with Crippen molar-refractivity contribution >= 4 is 40.9 Å². The number of imide groups is 1. The van der Waals surface area contributed by atoms with Crippen LogP contribution in [0.5, 0.6) is 5.75 Å². The van der Waals surface area contributed by atoms with E-state index >= 15 is 0 Å².